The summed E-state index contributed by atoms with van der Waals surface area (Å²) in [6.45, 7) is 1.88. The molecular weight excluding hydrogens is 380 g/mol. The lowest BCUT2D eigenvalue weighted by molar-refractivity contribution is -0.113. The molecule has 3 heterocycles. The van der Waals surface area contributed by atoms with Crippen LogP contribution >= 0.6 is 11.8 Å². The molecule has 1 amide bonds. The number of rotatable bonds is 6. The fourth-order valence-electron chi connectivity index (χ4n) is 2.96. The van der Waals surface area contributed by atoms with E-state index in [0.717, 1.165) is 22.4 Å². The van der Waals surface area contributed by atoms with Crippen molar-refractivity contribution in [2.75, 3.05) is 25.3 Å². The van der Waals surface area contributed by atoms with Gasteiger partial charge in [-0.05, 0) is 6.92 Å². The van der Waals surface area contributed by atoms with Crippen molar-refractivity contribution in [2.45, 2.75) is 11.9 Å². The fourth-order valence-corrected chi connectivity index (χ4v) is 3.70. The molecule has 0 bridgehead atoms. The smallest absolute Gasteiger partial charge is 0.234 e. The van der Waals surface area contributed by atoms with E-state index in [1.165, 1.54) is 11.8 Å². The molecule has 0 aliphatic heterocycles. The summed E-state index contributed by atoms with van der Waals surface area (Å²) in [5.41, 5.74) is 3.15. The van der Waals surface area contributed by atoms with E-state index >= 15 is 0 Å². The van der Waals surface area contributed by atoms with Crippen molar-refractivity contribution in [3.05, 3.63) is 42.4 Å². The first-order valence-electron chi connectivity index (χ1n) is 8.46. The van der Waals surface area contributed by atoms with Gasteiger partial charge in [-0.3, -0.25) is 9.20 Å². The van der Waals surface area contributed by atoms with Crippen molar-refractivity contribution >= 4 is 40.0 Å². The Balaban J connectivity index is 1.52. The maximum Gasteiger partial charge on any atom is 0.234 e. The first-order chi connectivity index (χ1) is 13.6. The predicted octanol–water partition coefficient (Wildman–Crippen LogP) is 3.53. The van der Waals surface area contributed by atoms with E-state index in [2.05, 4.69) is 15.5 Å². The van der Waals surface area contributed by atoms with Crippen molar-refractivity contribution in [1.29, 1.82) is 0 Å². The number of carbonyl (C=O) groups is 1. The normalized spacial score (nSPS) is 11.1. The number of aromatic nitrogens is 3. The Morgan fingerprint density at radius 1 is 1.14 bits per heavy atom. The van der Waals surface area contributed by atoms with Crippen LogP contribution in [0, 0.1) is 6.92 Å². The Labute approximate surface area is 164 Å². The van der Waals surface area contributed by atoms with Gasteiger partial charge in [0.15, 0.2) is 5.58 Å². The van der Waals surface area contributed by atoms with Crippen molar-refractivity contribution in [3.63, 3.8) is 0 Å². The highest BCUT2D eigenvalue weighted by Crippen LogP contribution is 2.29. The second-order valence-electron chi connectivity index (χ2n) is 6.03. The highest BCUT2D eigenvalue weighted by molar-refractivity contribution is 8.00. The fraction of sp³-hybridized carbons (Fsp3) is 0.211. The van der Waals surface area contributed by atoms with Gasteiger partial charge in [0.2, 0.25) is 5.91 Å². The van der Waals surface area contributed by atoms with Crippen LogP contribution < -0.4 is 14.8 Å². The number of ether oxygens (including phenoxy) is 2. The van der Waals surface area contributed by atoms with Gasteiger partial charge >= 0.3 is 0 Å². The van der Waals surface area contributed by atoms with Gasteiger partial charge in [-0.1, -0.05) is 11.8 Å². The van der Waals surface area contributed by atoms with Gasteiger partial charge in [-0.2, -0.15) is 0 Å². The summed E-state index contributed by atoms with van der Waals surface area (Å²) in [6.07, 6.45) is 1.64. The van der Waals surface area contributed by atoms with Gasteiger partial charge in [0, 0.05) is 36.0 Å². The molecule has 28 heavy (non-hydrogen) atoms. The average molecular weight is 398 g/mol. The van der Waals surface area contributed by atoms with Gasteiger partial charge in [-0.15, -0.1) is 10.2 Å². The quantitative estimate of drug-likeness (QED) is 0.497. The van der Waals surface area contributed by atoms with Crippen LogP contribution in [0.5, 0.6) is 11.5 Å². The number of aryl methyl sites for hydroxylation is 1. The summed E-state index contributed by atoms with van der Waals surface area (Å²) in [7, 11) is 3.12. The molecule has 0 unspecified atom stereocenters. The number of fused-ring (bicyclic) bond motifs is 3. The van der Waals surface area contributed by atoms with Gasteiger partial charge in [-0.25, -0.2) is 0 Å². The topological polar surface area (TPSA) is 90.9 Å². The lowest BCUT2D eigenvalue weighted by Gasteiger charge is -2.10. The molecule has 1 N–H and O–H groups in total. The first kappa shape index (κ1) is 18.2. The van der Waals surface area contributed by atoms with Gasteiger partial charge in [0.1, 0.15) is 22.3 Å². The molecule has 4 rings (SSSR count). The predicted molar refractivity (Wildman–Crippen MR) is 106 cm³/mol. The largest absolute Gasteiger partial charge is 0.497 e. The zero-order valence-electron chi connectivity index (χ0n) is 15.6. The van der Waals surface area contributed by atoms with Gasteiger partial charge < -0.3 is 19.2 Å². The van der Waals surface area contributed by atoms with Crippen LogP contribution in [0.3, 0.4) is 0 Å². The Morgan fingerprint density at radius 2 is 1.89 bits per heavy atom. The molecule has 0 radical (unpaired) electrons. The molecule has 8 nitrogen and oxygen atoms in total. The third-order valence-corrected chi connectivity index (χ3v) is 5.20. The molecular formula is C19H18N4O4S. The van der Waals surface area contributed by atoms with E-state index in [-0.39, 0.29) is 11.7 Å². The van der Waals surface area contributed by atoms with Crippen LogP contribution in [0.25, 0.3) is 16.6 Å². The molecule has 0 saturated heterocycles. The number of thioether (sulfide) groups is 1. The van der Waals surface area contributed by atoms with E-state index < -0.39 is 0 Å². The Bertz CT molecular complexity index is 1150. The molecule has 1 aromatic carbocycles. The lowest BCUT2D eigenvalue weighted by atomic mass is 10.2. The number of hydrogen-bond acceptors (Lipinski definition) is 7. The number of anilines is 1. The highest BCUT2D eigenvalue weighted by Gasteiger charge is 2.15. The zero-order chi connectivity index (χ0) is 19.7. The summed E-state index contributed by atoms with van der Waals surface area (Å²) in [4.78, 5) is 12.4. The van der Waals surface area contributed by atoms with Crippen LogP contribution in [-0.2, 0) is 4.79 Å². The molecule has 3 aromatic heterocycles. The second-order valence-corrected chi connectivity index (χ2v) is 6.99. The molecule has 0 atom stereocenters. The highest BCUT2D eigenvalue weighted by atomic mass is 32.2. The number of nitrogens with one attached hydrogen (secondary N) is 1. The van der Waals surface area contributed by atoms with Crippen LogP contribution in [0.2, 0.25) is 0 Å². The van der Waals surface area contributed by atoms with Gasteiger partial charge in [0.25, 0.3) is 0 Å². The molecule has 144 valence electrons. The van der Waals surface area contributed by atoms with Crippen molar-refractivity contribution in [3.8, 4) is 11.5 Å². The maximum absolute atomic E-state index is 12.4. The minimum atomic E-state index is -0.170. The molecule has 9 heteroatoms. The summed E-state index contributed by atoms with van der Waals surface area (Å²) in [6, 6.07) is 9.00. The van der Waals surface area contributed by atoms with E-state index in [1.54, 1.807) is 38.7 Å². The van der Waals surface area contributed by atoms with E-state index in [0.29, 0.717) is 22.2 Å². The minimum Gasteiger partial charge on any atom is -0.497 e. The second kappa shape index (κ2) is 7.43. The number of furan rings is 1. The number of benzene rings is 1. The van der Waals surface area contributed by atoms with Crippen LogP contribution in [0.15, 0.2) is 46.0 Å². The van der Waals surface area contributed by atoms with Crippen molar-refractivity contribution in [2.24, 2.45) is 0 Å². The Hall–Kier alpha value is -3.20. The van der Waals surface area contributed by atoms with Crippen molar-refractivity contribution < 1.29 is 18.7 Å². The van der Waals surface area contributed by atoms with Crippen LogP contribution in [0.1, 0.15) is 5.82 Å². The van der Waals surface area contributed by atoms with E-state index in [9.17, 15) is 4.79 Å². The SMILES string of the molecule is COc1cc(NC(=O)CSc2nnc(C)n3c2cc2occc23)cc(OC)c1. The van der Waals surface area contributed by atoms with E-state index in [4.69, 9.17) is 13.9 Å². The number of hydrogen-bond donors (Lipinski definition) is 1. The summed E-state index contributed by atoms with van der Waals surface area (Å²) in [5.74, 6) is 1.97. The Kier molecular flexibility index (Phi) is 4.82. The van der Waals surface area contributed by atoms with Crippen LogP contribution in [0.4, 0.5) is 5.69 Å². The molecule has 0 aliphatic rings. The third kappa shape index (κ3) is 3.36. The third-order valence-electron chi connectivity index (χ3n) is 4.23. The van der Waals surface area contributed by atoms with Crippen LogP contribution in [-0.4, -0.2) is 40.5 Å². The number of nitrogens with zero attached hydrogens (tertiary/aromatic N) is 3. The molecule has 0 saturated carbocycles. The summed E-state index contributed by atoms with van der Waals surface area (Å²) >= 11 is 1.31. The number of carbonyl (C=O) groups excluding carboxylic acids is 1. The average Bonchev–Trinajstić information content (AvgIpc) is 3.28. The maximum atomic E-state index is 12.4. The summed E-state index contributed by atoms with van der Waals surface area (Å²) < 4.78 is 17.9. The zero-order valence-corrected chi connectivity index (χ0v) is 16.4. The monoisotopic (exact) mass is 398 g/mol. The Morgan fingerprint density at radius 3 is 2.61 bits per heavy atom. The van der Waals surface area contributed by atoms with E-state index in [1.807, 2.05) is 23.5 Å². The lowest BCUT2D eigenvalue weighted by Crippen LogP contribution is -2.14. The first-order valence-corrected chi connectivity index (χ1v) is 9.45. The summed E-state index contributed by atoms with van der Waals surface area (Å²) in [5, 5.41) is 12.0. The number of methoxy groups -OCH3 is 2. The standard InChI is InChI=1S/C19H18N4O4S/c1-11-21-22-19(16-9-17-15(23(11)16)4-5-27-17)28-10-18(24)20-12-6-13(25-2)8-14(7-12)26-3/h4-9H,10H2,1-3H3,(H,20,24). The van der Waals surface area contributed by atoms with Crippen molar-refractivity contribution in [1.82, 2.24) is 14.6 Å². The number of amides is 1. The molecule has 4 aromatic rings. The molecule has 0 aliphatic carbocycles. The molecule has 0 fully saturated rings. The minimum absolute atomic E-state index is 0.170. The van der Waals surface area contributed by atoms with Gasteiger partial charge in [0.05, 0.1) is 37.3 Å². The molecule has 0 spiro atoms.